The fourth-order valence-corrected chi connectivity index (χ4v) is 1.41. The zero-order valence-corrected chi connectivity index (χ0v) is 10.2. The second-order valence-electron chi connectivity index (χ2n) is 3.52. The van der Waals surface area contributed by atoms with Gasteiger partial charge in [-0.3, -0.25) is 5.32 Å². The number of carboxylic acid groups (broad SMARTS) is 1. The van der Waals surface area contributed by atoms with E-state index < -0.39 is 12.2 Å². The van der Waals surface area contributed by atoms with Crippen molar-refractivity contribution in [3.63, 3.8) is 0 Å². The summed E-state index contributed by atoms with van der Waals surface area (Å²) >= 11 is 0. The van der Waals surface area contributed by atoms with Gasteiger partial charge in [-0.25, -0.2) is 9.59 Å². The van der Waals surface area contributed by atoms with Gasteiger partial charge >= 0.3 is 12.2 Å². The van der Waals surface area contributed by atoms with Crippen molar-refractivity contribution in [1.82, 2.24) is 0 Å². The van der Waals surface area contributed by atoms with E-state index in [4.69, 9.17) is 5.11 Å². The molecule has 0 fully saturated rings. The lowest BCUT2D eigenvalue weighted by atomic mass is 10.1. The Morgan fingerprint density at radius 1 is 1.39 bits per heavy atom. The second-order valence-corrected chi connectivity index (χ2v) is 3.52. The summed E-state index contributed by atoms with van der Waals surface area (Å²) in [6, 6.07) is 5.32. The van der Waals surface area contributed by atoms with Crippen LogP contribution < -0.4 is 5.32 Å². The molecule has 0 aliphatic heterocycles. The lowest BCUT2D eigenvalue weighted by Crippen LogP contribution is -2.13. The Morgan fingerprint density at radius 2 is 2.11 bits per heavy atom. The number of hydrogen-bond acceptors (Lipinski definition) is 4. The third kappa shape index (κ3) is 3.97. The maximum Gasteiger partial charge on any atom is 0.506 e. The van der Waals surface area contributed by atoms with Gasteiger partial charge in [0, 0.05) is 5.56 Å². The molecule has 0 saturated carbocycles. The molecule has 1 aromatic carbocycles. The number of nitrogens with one attached hydrogen (secondary N) is 1. The molecule has 18 heavy (non-hydrogen) atoms. The van der Waals surface area contributed by atoms with Gasteiger partial charge in [-0.2, -0.15) is 0 Å². The van der Waals surface area contributed by atoms with E-state index in [1.165, 1.54) is 7.11 Å². The molecule has 0 aromatic heterocycles. The summed E-state index contributed by atoms with van der Waals surface area (Å²) in [5.41, 5.74) is 2.08. The van der Waals surface area contributed by atoms with Crippen molar-refractivity contribution in [3.05, 3.63) is 29.3 Å². The molecule has 0 bridgehead atoms. The van der Waals surface area contributed by atoms with Gasteiger partial charge in [0.05, 0.1) is 12.8 Å². The molecule has 1 aromatic rings. The molecule has 6 heteroatoms. The van der Waals surface area contributed by atoms with Crippen LogP contribution in [0.1, 0.15) is 18.1 Å². The van der Waals surface area contributed by atoms with Crippen LogP contribution >= 0.6 is 0 Å². The van der Waals surface area contributed by atoms with E-state index >= 15 is 0 Å². The molecule has 1 rings (SSSR count). The van der Waals surface area contributed by atoms with E-state index in [1.54, 1.807) is 12.1 Å². The normalized spacial score (nSPS) is 9.67. The summed E-state index contributed by atoms with van der Waals surface area (Å²) in [7, 11) is 1.25. The minimum absolute atomic E-state index is 0.123. The number of amides is 1. The third-order valence-corrected chi connectivity index (χ3v) is 2.35. The van der Waals surface area contributed by atoms with E-state index in [0.29, 0.717) is 11.3 Å². The molecule has 6 nitrogen and oxygen atoms in total. The summed E-state index contributed by atoms with van der Waals surface area (Å²) in [5, 5.41) is 11.0. The quantitative estimate of drug-likeness (QED) is 0.805. The van der Waals surface area contributed by atoms with Crippen molar-refractivity contribution >= 4 is 17.9 Å². The molecule has 2 N–H and O–H groups in total. The summed E-state index contributed by atoms with van der Waals surface area (Å²) in [5.74, 6) is 0. The number of hydrogen-bond donors (Lipinski definition) is 2. The smallest absolute Gasteiger partial charge is 0.453 e. The molecule has 0 saturated heterocycles. The predicted octanol–water partition coefficient (Wildman–Crippen LogP) is 2.62. The minimum atomic E-state index is -1.36. The molecular formula is C12H15NO5. The summed E-state index contributed by atoms with van der Waals surface area (Å²) in [4.78, 5) is 21.5. The number of ether oxygens (including phenoxy) is 2. The summed E-state index contributed by atoms with van der Waals surface area (Å²) < 4.78 is 8.99. The standard InChI is InChI=1S/C12H15NO5/c1-3-8-4-5-10(13-11(14)17-2)9(6-8)7-18-12(15)16/h4-6H,3,7H2,1-2H3,(H,13,14)(H,15,16). The van der Waals surface area contributed by atoms with Gasteiger partial charge in [0.2, 0.25) is 0 Å². The van der Waals surface area contributed by atoms with Crippen LogP contribution in [0.2, 0.25) is 0 Å². The first-order valence-corrected chi connectivity index (χ1v) is 5.39. The Kier molecular flexibility index (Phi) is 4.98. The van der Waals surface area contributed by atoms with Crippen LogP contribution in [0.5, 0.6) is 0 Å². The number of aryl methyl sites for hydroxylation is 1. The molecule has 98 valence electrons. The van der Waals surface area contributed by atoms with Crippen LogP contribution in [0.25, 0.3) is 0 Å². The van der Waals surface area contributed by atoms with Crippen LogP contribution in [0.3, 0.4) is 0 Å². The van der Waals surface area contributed by atoms with Crippen LogP contribution in [-0.4, -0.2) is 24.5 Å². The molecule has 0 radical (unpaired) electrons. The summed E-state index contributed by atoms with van der Waals surface area (Å²) in [6.07, 6.45) is -1.17. The number of carbonyl (C=O) groups is 2. The Morgan fingerprint density at radius 3 is 2.67 bits per heavy atom. The molecule has 0 aliphatic carbocycles. The Balaban J connectivity index is 2.92. The fourth-order valence-electron chi connectivity index (χ4n) is 1.41. The molecule has 1 amide bonds. The highest BCUT2D eigenvalue weighted by Gasteiger charge is 2.09. The molecule has 0 aliphatic rings. The van der Waals surface area contributed by atoms with Gasteiger partial charge in [-0.1, -0.05) is 19.1 Å². The predicted molar refractivity (Wildman–Crippen MR) is 64.7 cm³/mol. The van der Waals surface area contributed by atoms with Crippen LogP contribution in [0.15, 0.2) is 18.2 Å². The molecule has 0 atom stereocenters. The average molecular weight is 253 g/mol. The van der Waals surface area contributed by atoms with Gasteiger partial charge in [0.1, 0.15) is 6.61 Å². The number of rotatable bonds is 4. The largest absolute Gasteiger partial charge is 0.506 e. The Hall–Kier alpha value is -2.24. The van der Waals surface area contributed by atoms with Crippen molar-refractivity contribution < 1.29 is 24.2 Å². The van der Waals surface area contributed by atoms with Crippen molar-refractivity contribution in [2.24, 2.45) is 0 Å². The highest BCUT2D eigenvalue weighted by Crippen LogP contribution is 2.19. The topological polar surface area (TPSA) is 84.9 Å². The molecular weight excluding hydrogens is 238 g/mol. The van der Waals surface area contributed by atoms with Crippen molar-refractivity contribution in [1.29, 1.82) is 0 Å². The monoisotopic (exact) mass is 253 g/mol. The van der Waals surface area contributed by atoms with Gasteiger partial charge in [-0.05, 0) is 18.1 Å². The van der Waals surface area contributed by atoms with Crippen molar-refractivity contribution in [2.75, 3.05) is 12.4 Å². The average Bonchev–Trinajstić information content (AvgIpc) is 2.37. The first-order valence-electron chi connectivity index (χ1n) is 5.39. The van der Waals surface area contributed by atoms with E-state index in [2.05, 4.69) is 14.8 Å². The first-order chi connectivity index (χ1) is 8.56. The number of carbonyl (C=O) groups excluding carboxylic acids is 1. The van der Waals surface area contributed by atoms with E-state index in [9.17, 15) is 9.59 Å². The first kappa shape index (κ1) is 13.8. The Bertz CT molecular complexity index is 444. The second kappa shape index (κ2) is 6.48. The minimum Gasteiger partial charge on any atom is -0.453 e. The maximum absolute atomic E-state index is 11.1. The molecule has 0 heterocycles. The van der Waals surface area contributed by atoms with Gasteiger partial charge in [0.25, 0.3) is 0 Å². The summed E-state index contributed by atoms with van der Waals surface area (Å²) in [6.45, 7) is 1.85. The van der Waals surface area contributed by atoms with Crippen LogP contribution in [0, 0.1) is 0 Å². The van der Waals surface area contributed by atoms with E-state index in [-0.39, 0.29) is 6.61 Å². The van der Waals surface area contributed by atoms with Gasteiger partial charge < -0.3 is 14.6 Å². The fraction of sp³-hybridized carbons (Fsp3) is 0.333. The van der Waals surface area contributed by atoms with Crippen molar-refractivity contribution in [3.8, 4) is 0 Å². The molecule has 0 unspecified atom stereocenters. The lowest BCUT2D eigenvalue weighted by molar-refractivity contribution is 0.0855. The van der Waals surface area contributed by atoms with Gasteiger partial charge in [-0.15, -0.1) is 0 Å². The highest BCUT2D eigenvalue weighted by molar-refractivity contribution is 5.85. The maximum atomic E-state index is 11.1. The highest BCUT2D eigenvalue weighted by atomic mass is 16.7. The number of methoxy groups -OCH3 is 1. The van der Waals surface area contributed by atoms with E-state index in [1.807, 2.05) is 13.0 Å². The SMILES string of the molecule is CCc1ccc(NC(=O)OC)c(COC(=O)O)c1. The third-order valence-electron chi connectivity index (χ3n) is 2.35. The zero-order valence-electron chi connectivity index (χ0n) is 10.2. The zero-order chi connectivity index (χ0) is 13.5. The molecule has 0 spiro atoms. The number of anilines is 1. The van der Waals surface area contributed by atoms with Crippen LogP contribution in [-0.2, 0) is 22.5 Å². The van der Waals surface area contributed by atoms with Crippen LogP contribution in [0.4, 0.5) is 15.3 Å². The number of benzene rings is 1. The Labute approximate surface area is 105 Å². The lowest BCUT2D eigenvalue weighted by Gasteiger charge is -2.11. The van der Waals surface area contributed by atoms with Gasteiger partial charge in [0.15, 0.2) is 0 Å². The van der Waals surface area contributed by atoms with E-state index in [0.717, 1.165) is 12.0 Å². The van der Waals surface area contributed by atoms with Crippen molar-refractivity contribution in [2.45, 2.75) is 20.0 Å².